The highest BCUT2D eigenvalue weighted by atomic mass is 16.4. The molecule has 0 rings (SSSR count). The normalized spacial score (nSPS) is 14.1. The summed E-state index contributed by atoms with van der Waals surface area (Å²) in [6, 6.07) is 0. The average Bonchev–Trinajstić information content (AvgIpc) is 2.28. The molecular weight excluding hydrogens is 200 g/mol. The first-order valence-electron chi connectivity index (χ1n) is 8.13. The molecule has 0 spiro atoms. The Bertz CT molecular complexity index is 227. The van der Waals surface area contributed by atoms with Gasteiger partial charge in [-0.05, 0) is 6.42 Å². The highest BCUT2D eigenvalue weighted by Crippen LogP contribution is 2.11. The lowest BCUT2D eigenvalue weighted by atomic mass is 10.1. The van der Waals surface area contributed by atoms with Crippen LogP contribution in [0.25, 0.3) is 0 Å². The molecule has 0 heterocycles. The SMILES string of the molecule is [3H]C([3H])([3H])CCCCCCCCCCCCC(=O)O. The third kappa shape index (κ3) is 13.5. The zero-order valence-electron chi connectivity index (χ0n) is 13.3. The molecule has 0 radical (unpaired) electrons. The Morgan fingerprint density at radius 2 is 1.31 bits per heavy atom. The van der Waals surface area contributed by atoms with Crippen LogP contribution in [-0.4, -0.2) is 11.1 Å². The van der Waals surface area contributed by atoms with E-state index in [1.54, 1.807) is 0 Å². The smallest absolute Gasteiger partial charge is 0.303 e. The predicted molar refractivity (Wildman–Crippen MR) is 68.7 cm³/mol. The minimum atomic E-state index is -1.75. The second-order valence-electron chi connectivity index (χ2n) is 4.43. The van der Waals surface area contributed by atoms with Crippen LogP contribution < -0.4 is 0 Å². The monoisotopic (exact) mass is 234 g/mol. The Balaban J connectivity index is 3.05. The van der Waals surface area contributed by atoms with Crippen molar-refractivity contribution in [2.24, 2.45) is 0 Å². The van der Waals surface area contributed by atoms with Crippen molar-refractivity contribution in [3.05, 3.63) is 0 Å². The van der Waals surface area contributed by atoms with Crippen LogP contribution >= 0.6 is 0 Å². The van der Waals surface area contributed by atoms with E-state index >= 15 is 0 Å². The zero-order chi connectivity index (χ0) is 14.6. The minimum Gasteiger partial charge on any atom is -0.481 e. The molecule has 0 atom stereocenters. The van der Waals surface area contributed by atoms with E-state index in [2.05, 4.69) is 0 Å². The van der Waals surface area contributed by atoms with E-state index in [1.807, 2.05) is 0 Å². The lowest BCUT2D eigenvalue weighted by Gasteiger charge is -2.01. The van der Waals surface area contributed by atoms with Crippen LogP contribution in [0, 0.1) is 0 Å². The minimum absolute atomic E-state index is 0.295. The number of carbonyl (C=O) groups is 1. The van der Waals surface area contributed by atoms with E-state index in [-0.39, 0.29) is 0 Å². The summed E-state index contributed by atoms with van der Waals surface area (Å²) in [5.74, 6) is -0.697. The van der Waals surface area contributed by atoms with E-state index < -0.39 is 12.8 Å². The van der Waals surface area contributed by atoms with Gasteiger partial charge in [0.1, 0.15) is 0 Å². The molecule has 0 unspecified atom stereocenters. The van der Waals surface area contributed by atoms with Gasteiger partial charge in [0.2, 0.25) is 0 Å². The molecule has 0 amide bonds. The fourth-order valence-corrected chi connectivity index (χ4v) is 1.82. The summed E-state index contributed by atoms with van der Waals surface area (Å²) in [6.45, 7) is -1.75. The van der Waals surface area contributed by atoms with E-state index in [1.165, 1.54) is 25.7 Å². The maximum absolute atomic E-state index is 10.3. The zero-order valence-corrected chi connectivity index (χ0v) is 10.3. The Hall–Kier alpha value is -0.530. The number of rotatable bonds is 12. The van der Waals surface area contributed by atoms with Gasteiger partial charge in [0.25, 0.3) is 0 Å². The highest BCUT2D eigenvalue weighted by Gasteiger charge is 1.96. The molecule has 0 aliphatic rings. The number of carboxylic acids is 1. The first-order valence-corrected chi connectivity index (χ1v) is 6.63. The number of unbranched alkanes of at least 4 members (excludes halogenated alkanes) is 9. The first kappa shape index (κ1) is 10.6. The quantitative estimate of drug-likeness (QED) is 0.494. The van der Waals surface area contributed by atoms with Crippen molar-refractivity contribution in [1.82, 2.24) is 0 Å². The van der Waals surface area contributed by atoms with Crippen molar-refractivity contribution < 1.29 is 14.0 Å². The van der Waals surface area contributed by atoms with Gasteiger partial charge in [-0.1, -0.05) is 71.1 Å². The Kier molecular flexibility index (Phi) is 8.32. The predicted octanol–water partition coefficient (Wildman–Crippen LogP) is 4.77. The van der Waals surface area contributed by atoms with Crippen LogP contribution in [0.3, 0.4) is 0 Å². The van der Waals surface area contributed by atoms with Crippen LogP contribution in [0.5, 0.6) is 0 Å². The van der Waals surface area contributed by atoms with Crippen molar-refractivity contribution >= 4 is 5.97 Å². The molecule has 0 aromatic carbocycles. The van der Waals surface area contributed by atoms with Crippen molar-refractivity contribution in [2.45, 2.75) is 83.9 Å². The number of hydrogen-bond donors (Lipinski definition) is 1. The summed E-state index contributed by atoms with van der Waals surface area (Å²) in [6.07, 6.45) is 11.4. The van der Waals surface area contributed by atoms with Crippen LogP contribution in [0.2, 0.25) is 0 Å². The van der Waals surface area contributed by atoms with Gasteiger partial charge in [0.15, 0.2) is 0 Å². The highest BCUT2D eigenvalue weighted by molar-refractivity contribution is 5.66. The Morgan fingerprint density at radius 1 is 0.875 bits per heavy atom. The fraction of sp³-hybridized carbons (Fsp3) is 0.929. The van der Waals surface area contributed by atoms with Crippen LogP contribution in [0.15, 0.2) is 0 Å². The lowest BCUT2D eigenvalue weighted by Crippen LogP contribution is -1.93. The summed E-state index contributed by atoms with van der Waals surface area (Å²) in [7, 11) is 0. The van der Waals surface area contributed by atoms with Crippen LogP contribution in [-0.2, 0) is 4.79 Å². The third-order valence-corrected chi connectivity index (χ3v) is 2.82. The number of carboxylic acid groups (broad SMARTS) is 1. The van der Waals surface area contributed by atoms with Crippen molar-refractivity contribution in [3.8, 4) is 0 Å². The van der Waals surface area contributed by atoms with Gasteiger partial charge in [-0.15, -0.1) is 0 Å². The third-order valence-electron chi connectivity index (χ3n) is 2.82. The second-order valence-corrected chi connectivity index (χ2v) is 4.43. The summed E-state index contributed by atoms with van der Waals surface area (Å²) in [5, 5.41) is 8.47. The molecule has 0 aliphatic carbocycles. The summed E-state index contributed by atoms with van der Waals surface area (Å²) in [5.41, 5.74) is 0. The Morgan fingerprint density at radius 3 is 1.75 bits per heavy atom. The average molecular weight is 234 g/mol. The maximum atomic E-state index is 10.3. The fourth-order valence-electron chi connectivity index (χ4n) is 1.82. The van der Waals surface area contributed by atoms with Crippen molar-refractivity contribution in [2.75, 3.05) is 0 Å². The molecule has 0 aromatic heterocycles. The standard InChI is InChI=1S/C14H28O2/c1-2-3-4-5-6-7-8-9-10-11-12-13-14(15)16/h2-13H2,1H3,(H,15,16)/i1T3. The van der Waals surface area contributed by atoms with Crippen molar-refractivity contribution in [1.29, 1.82) is 0 Å². The second kappa shape index (κ2) is 12.5. The maximum Gasteiger partial charge on any atom is 0.303 e. The van der Waals surface area contributed by atoms with Gasteiger partial charge in [0, 0.05) is 10.5 Å². The molecule has 0 fully saturated rings. The van der Waals surface area contributed by atoms with Gasteiger partial charge < -0.3 is 5.11 Å². The number of aliphatic carboxylic acids is 1. The van der Waals surface area contributed by atoms with Crippen molar-refractivity contribution in [3.63, 3.8) is 0 Å². The molecule has 2 nitrogen and oxygen atoms in total. The van der Waals surface area contributed by atoms with Crippen LogP contribution in [0.1, 0.15) is 88.0 Å². The van der Waals surface area contributed by atoms with Gasteiger partial charge in [-0.3, -0.25) is 4.79 Å². The van der Waals surface area contributed by atoms with Crippen LogP contribution in [0.4, 0.5) is 0 Å². The van der Waals surface area contributed by atoms with E-state index in [9.17, 15) is 4.79 Å². The number of hydrogen-bond acceptors (Lipinski definition) is 1. The molecule has 2 heteroatoms. The Labute approximate surface area is 105 Å². The van der Waals surface area contributed by atoms with E-state index in [0.717, 1.165) is 38.5 Å². The van der Waals surface area contributed by atoms with Gasteiger partial charge in [-0.25, -0.2) is 0 Å². The van der Waals surface area contributed by atoms with E-state index in [4.69, 9.17) is 9.22 Å². The first-order chi connectivity index (χ1) is 8.92. The van der Waals surface area contributed by atoms with Gasteiger partial charge >= 0.3 is 5.97 Å². The molecule has 0 aliphatic heterocycles. The topological polar surface area (TPSA) is 37.3 Å². The molecule has 0 bridgehead atoms. The van der Waals surface area contributed by atoms with Gasteiger partial charge in [0.05, 0.1) is 0 Å². The molecule has 0 saturated carbocycles. The molecule has 96 valence electrons. The summed E-state index contributed by atoms with van der Waals surface area (Å²) in [4.78, 5) is 10.3. The largest absolute Gasteiger partial charge is 0.481 e. The van der Waals surface area contributed by atoms with Gasteiger partial charge in [-0.2, -0.15) is 0 Å². The molecule has 16 heavy (non-hydrogen) atoms. The molecule has 1 N–H and O–H groups in total. The molecular formula is C14H28O2. The molecule has 0 saturated heterocycles. The summed E-state index contributed by atoms with van der Waals surface area (Å²) >= 11 is 0. The molecule has 0 aromatic rings. The van der Waals surface area contributed by atoms with E-state index in [0.29, 0.717) is 12.8 Å². The lowest BCUT2D eigenvalue weighted by molar-refractivity contribution is -0.137. The summed E-state index contributed by atoms with van der Waals surface area (Å²) < 4.78 is 21.2.